The summed E-state index contributed by atoms with van der Waals surface area (Å²) in [6.07, 6.45) is 0.614. The molecule has 3 fully saturated rings. The minimum atomic E-state index is -0.947. The van der Waals surface area contributed by atoms with Crippen molar-refractivity contribution in [3.8, 4) is 0 Å². The number of fused-ring (bicyclic) bond motifs is 1. The number of nitrogens with zero attached hydrogens (tertiary/aromatic N) is 3. The van der Waals surface area contributed by atoms with Gasteiger partial charge in [-0.2, -0.15) is 0 Å². The van der Waals surface area contributed by atoms with Gasteiger partial charge in [0.2, 0.25) is 0 Å². The molecule has 0 aromatic heterocycles. The number of urea groups is 1. The van der Waals surface area contributed by atoms with Crippen LogP contribution in [0.1, 0.15) is 18.4 Å². The van der Waals surface area contributed by atoms with E-state index in [-0.39, 0.29) is 18.0 Å². The lowest BCUT2D eigenvalue weighted by Gasteiger charge is -2.34. The number of rotatable bonds is 3. The van der Waals surface area contributed by atoms with Crippen molar-refractivity contribution in [3.63, 3.8) is 0 Å². The van der Waals surface area contributed by atoms with Crippen LogP contribution >= 0.6 is 0 Å². The van der Waals surface area contributed by atoms with Gasteiger partial charge in [-0.3, -0.25) is 9.69 Å². The van der Waals surface area contributed by atoms with Crippen molar-refractivity contribution in [2.75, 3.05) is 38.2 Å². The molecule has 1 saturated carbocycles. The molecule has 8 heteroatoms. The van der Waals surface area contributed by atoms with Crippen LogP contribution in [-0.4, -0.2) is 72.3 Å². The summed E-state index contributed by atoms with van der Waals surface area (Å²) in [5.41, 5.74) is 1.15. The van der Waals surface area contributed by atoms with E-state index in [0.717, 1.165) is 24.1 Å². The lowest BCUT2D eigenvalue weighted by atomic mass is 9.96. The molecule has 138 valence electrons. The zero-order valence-electron chi connectivity index (χ0n) is 14.6. The third kappa shape index (κ3) is 2.48. The van der Waals surface area contributed by atoms with E-state index in [9.17, 15) is 14.4 Å². The molecule has 8 nitrogen and oxygen atoms in total. The van der Waals surface area contributed by atoms with E-state index >= 15 is 0 Å². The Hall–Kier alpha value is -2.77. The van der Waals surface area contributed by atoms with Gasteiger partial charge in [-0.1, -0.05) is 12.1 Å². The van der Waals surface area contributed by atoms with Gasteiger partial charge in [0.25, 0.3) is 0 Å². The number of esters is 1. The Bertz CT molecular complexity index is 759. The fourth-order valence-electron chi connectivity index (χ4n) is 3.99. The molecule has 3 amide bonds. The number of hydrogen-bond donors (Lipinski definition) is 1. The van der Waals surface area contributed by atoms with Crippen molar-refractivity contribution < 1.29 is 24.2 Å². The molecule has 1 unspecified atom stereocenters. The highest BCUT2D eigenvalue weighted by molar-refractivity contribution is 5.95. The smallest absolute Gasteiger partial charge is 0.407 e. The molecule has 1 aromatic carbocycles. The number of hydrogen-bond acceptors (Lipinski definition) is 4. The van der Waals surface area contributed by atoms with Crippen LogP contribution in [0.15, 0.2) is 24.3 Å². The normalized spacial score (nSPS) is 23.7. The van der Waals surface area contributed by atoms with Crippen molar-refractivity contribution >= 4 is 23.8 Å². The van der Waals surface area contributed by atoms with Gasteiger partial charge in [-0.25, -0.2) is 9.59 Å². The third-order valence-corrected chi connectivity index (χ3v) is 5.68. The number of amides is 3. The minimum Gasteiger partial charge on any atom is -0.468 e. The van der Waals surface area contributed by atoms with Crippen molar-refractivity contribution in [2.24, 2.45) is 0 Å². The molecule has 1 atom stereocenters. The molecule has 2 saturated heterocycles. The average Bonchev–Trinajstić information content (AvgIpc) is 3.40. The molecule has 4 rings (SSSR count). The maximum Gasteiger partial charge on any atom is 0.407 e. The molecule has 1 N–H and O–H groups in total. The van der Waals surface area contributed by atoms with Gasteiger partial charge in [0, 0.05) is 31.9 Å². The molecular formula is C18H21N3O5. The Kier molecular flexibility index (Phi) is 3.78. The van der Waals surface area contributed by atoms with Crippen molar-refractivity contribution in [3.05, 3.63) is 29.8 Å². The second-order valence-corrected chi connectivity index (χ2v) is 7.09. The first-order chi connectivity index (χ1) is 12.5. The number of piperazine rings is 1. The SMILES string of the molecule is COC(=O)C1(c2ccc(N3CC4CN(C(=O)O)CCN4C3=O)cc2)CC1. The zero-order chi connectivity index (χ0) is 18.5. The molecule has 3 aliphatic rings. The van der Waals surface area contributed by atoms with Crippen molar-refractivity contribution in [1.82, 2.24) is 9.80 Å². The topological polar surface area (TPSA) is 90.4 Å². The lowest BCUT2D eigenvalue weighted by Crippen LogP contribution is -2.53. The number of benzene rings is 1. The Morgan fingerprint density at radius 3 is 2.42 bits per heavy atom. The van der Waals surface area contributed by atoms with Crippen LogP contribution in [0.3, 0.4) is 0 Å². The minimum absolute atomic E-state index is 0.0955. The van der Waals surface area contributed by atoms with Crippen LogP contribution < -0.4 is 4.90 Å². The van der Waals surface area contributed by atoms with Gasteiger partial charge in [-0.05, 0) is 30.5 Å². The Balaban J connectivity index is 1.51. The van der Waals surface area contributed by atoms with Crippen molar-refractivity contribution in [2.45, 2.75) is 24.3 Å². The van der Waals surface area contributed by atoms with Crippen LogP contribution in [0, 0.1) is 0 Å². The van der Waals surface area contributed by atoms with Crippen LogP contribution in [0.4, 0.5) is 15.3 Å². The largest absolute Gasteiger partial charge is 0.468 e. The van der Waals surface area contributed by atoms with Gasteiger partial charge in [0.05, 0.1) is 18.6 Å². The molecule has 26 heavy (non-hydrogen) atoms. The lowest BCUT2D eigenvalue weighted by molar-refractivity contribution is -0.143. The second-order valence-electron chi connectivity index (χ2n) is 7.09. The zero-order valence-corrected chi connectivity index (χ0v) is 14.6. The summed E-state index contributed by atoms with van der Waals surface area (Å²) in [7, 11) is 1.40. The number of anilines is 1. The highest BCUT2D eigenvalue weighted by atomic mass is 16.5. The maximum absolute atomic E-state index is 12.7. The summed E-state index contributed by atoms with van der Waals surface area (Å²) in [5, 5.41) is 9.16. The highest BCUT2D eigenvalue weighted by Gasteiger charge is 2.52. The second kappa shape index (κ2) is 5.89. The number of carbonyl (C=O) groups excluding carboxylic acids is 2. The first-order valence-corrected chi connectivity index (χ1v) is 8.71. The molecule has 2 aliphatic heterocycles. The fourth-order valence-corrected chi connectivity index (χ4v) is 3.99. The van der Waals surface area contributed by atoms with Crippen LogP contribution in [0.2, 0.25) is 0 Å². The van der Waals surface area contributed by atoms with E-state index in [1.807, 2.05) is 24.3 Å². The standard InChI is InChI=1S/C18H21N3O5/c1-26-15(22)18(6-7-18)12-2-4-13(5-3-12)21-11-14-10-19(17(24)25)8-9-20(14)16(21)23/h2-5,14H,6-11H2,1H3,(H,24,25). The number of methoxy groups -OCH3 is 1. The number of carboxylic acid groups (broad SMARTS) is 1. The van der Waals surface area contributed by atoms with Gasteiger partial charge in [0.1, 0.15) is 0 Å². The van der Waals surface area contributed by atoms with Gasteiger partial charge >= 0.3 is 18.1 Å². The quantitative estimate of drug-likeness (QED) is 0.826. The number of carbonyl (C=O) groups is 3. The van der Waals surface area contributed by atoms with Crippen LogP contribution in [0.25, 0.3) is 0 Å². The average molecular weight is 359 g/mol. The number of ether oxygens (including phenoxy) is 1. The summed E-state index contributed by atoms with van der Waals surface area (Å²) < 4.78 is 4.91. The maximum atomic E-state index is 12.7. The summed E-state index contributed by atoms with van der Waals surface area (Å²) in [6.45, 7) is 1.55. The first kappa shape index (κ1) is 16.7. The van der Waals surface area contributed by atoms with E-state index < -0.39 is 11.5 Å². The monoisotopic (exact) mass is 359 g/mol. The van der Waals surface area contributed by atoms with Crippen molar-refractivity contribution in [1.29, 1.82) is 0 Å². The van der Waals surface area contributed by atoms with Gasteiger partial charge in [0.15, 0.2) is 0 Å². The molecule has 0 spiro atoms. The molecule has 0 radical (unpaired) electrons. The molecule has 1 aliphatic carbocycles. The Morgan fingerprint density at radius 2 is 1.85 bits per heavy atom. The fraction of sp³-hybridized carbons (Fsp3) is 0.500. The first-order valence-electron chi connectivity index (χ1n) is 8.71. The summed E-state index contributed by atoms with van der Waals surface area (Å²) in [4.78, 5) is 40.6. The predicted octanol–water partition coefficient (Wildman–Crippen LogP) is 1.50. The molecular weight excluding hydrogens is 338 g/mol. The van der Waals surface area contributed by atoms with E-state index in [4.69, 9.17) is 9.84 Å². The van der Waals surface area contributed by atoms with E-state index in [1.165, 1.54) is 12.0 Å². The predicted molar refractivity (Wildman–Crippen MR) is 92.2 cm³/mol. The van der Waals surface area contributed by atoms with Crippen LogP contribution in [-0.2, 0) is 14.9 Å². The Labute approximate surface area is 150 Å². The van der Waals surface area contributed by atoms with E-state index in [2.05, 4.69) is 0 Å². The molecule has 2 heterocycles. The van der Waals surface area contributed by atoms with Crippen LogP contribution in [0.5, 0.6) is 0 Å². The Morgan fingerprint density at radius 1 is 1.15 bits per heavy atom. The van der Waals surface area contributed by atoms with Gasteiger partial charge < -0.3 is 19.6 Å². The summed E-state index contributed by atoms with van der Waals surface area (Å²) in [6, 6.07) is 7.24. The van der Waals surface area contributed by atoms with Gasteiger partial charge in [-0.15, -0.1) is 0 Å². The highest BCUT2D eigenvalue weighted by Crippen LogP contribution is 2.49. The summed E-state index contributed by atoms with van der Waals surface area (Å²) in [5.74, 6) is -0.214. The molecule has 0 bridgehead atoms. The van der Waals surface area contributed by atoms with E-state index in [1.54, 1.807) is 9.80 Å². The molecule has 1 aromatic rings. The third-order valence-electron chi connectivity index (χ3n) is 5.68. The van der Waals surface area contributed by atoms with E-state index in [0.29, 0.717) is 26.2 Å². The summed E-state index contributed by atoms with van der Waals surface area (Å²) >= 11 is 0.